The predicted molar refractivity (Wildman–Crippen MR) is 100.0 cm³/mol. The van der Waals surface area contributed by atoms with Crippen LogP contribution in [0.25, 0.3) is 0 Å². The molecule has 0 aromatic heterocycles. The van der Waals surface area contributed by atoms with Gasteiger partial charge in [-0.3, -0.25) is 9.02 Å². The second kappa shape index (κ2) is 7.69. The second-order valence-electron chi connectivity index (χ2n) is 6.94. The Morgan fingerprint density at radius 3 is 2.37 bits per heavy atom. The molecule has 7 heteroatoms. The molecule has 0 aliphatic carbocycles. The first-order valence-corrected chi connectivity index (χ1v) is 10.5. The monoisotopic (exact) mass is 389 g/mol. The van der Waals surface area contributed by atoms with Crippen molar-refractivity contribution in [2.24, 2.45) is 0 Å². The molecule has 0 saturated carbocycles. The standard InChI is InChI=1S/C20H23NO5S/c1-15(24-13-17-10-6-3-7-11-17)19-20-18(14-25-27(20,22)23)26-21(19)12-16-8-4-2-5-9-16/h2-11,15,18-20H,12-14H2,1H3/t15-,18-,19-,20+/m0/s1. The van der Waals surface area contributed by atoms with E-state index in [1.165, 1.54) is 0 Å². The Kier molecular flexibility index (Phi) is 5.29. The Morgan fingerprint density at radius 1 is 1.07 bits per heavy atom. The SMILES string of the molecule is C[C@H](OCc1ccccc1)[C@H]1[C@H]2[C@H](COS2(=O)=O)ON1Cc1ccccc1. The zero-order chi connectivity index (χ0) is 18.9. The maximum atomic E-state index is 12.4. The summed E-state index contributed by atoms with van der Waals surface area (Å²) in [5.41, 5.74) is 2.09. The minimum atomic E-state index is -3.67. The van der Waals surface area contributed by atoms with Crippen molar-refractivity contribution in [3.05, 3.63) is 71.8 Å². The van der Waals surface area contributed by atoms with Crippen LogP contribution in [0.5, 0.6) is 0 Å². The maximum Gasteiger partial charge on any atom is 0.274 e. The lowest BCUT2D eigenvalue weighted by Crippen LogP contribution is -2.46. The molecule has 4 rings (SSSR count). The van der Waals surface area contributed by atoms with Crippen LogP contribution in [-0.2, 0) is 37.0 Å². The average molecular weight is 389 g/mol. The van der Waals surface area contributed by atoms with Gasteiger partial charge in [0.15, 0.2) is 0 Å². The Labute approximate surface area is 159 Å². The molecule has 0 unspecified atom stereocenters. The Hall–Kier alpha value is -1.77. The Balaban J connectivity index is 1.54. The second-order valence-corrected chi connectivity index (χ2v) is 8.70. The molecule has 0 N–H and O–H groups in total. The van der Waals surface area contributed by atoms with Gasteiger partial charge in [-0.2, -0.15) is 13.5 Å². The van der Waals surface area contributed by atoms with Crippen LogP contribution >= 0.6 is 0 Å². The smallest absolute Gasteiger partial charge is 0.274 e. The highest BCUT2D eigenvalue weighted by atomic mass is 32.2. The fraction of sp³-hybridized carbons (Fsp3) is 0.400. The van der Waals surface area contributed by atoms with Gasteiger partial charge in [0.1, 0.15) is 11.4 Å². The highest BCUT2D eigenvalue weighted by Gasteiger charge is 2.57. The fourth-order valence-electron chi connectivity index (χ4n) is 3.72. The number of fused-ring (bicyclic) bond motifs is 1. The summed E-state index contributed by atoms with van der Waals surface area (Å²) >= 11 is 0. The molecule has 0 bridgehead atoms. The third kappa shape index (κ3) is 3.93. The fourth-order valence-corrected chi connectivity index (χ4v) is 5.40. The molecule has 0 amide bonds. The van der Waals surface area contributed by atoms with Crippen molar-refractivity contribution in [3.8, 4) is 0 Å². The van der Waals surface area contributed by atoms with E-state index in [0.717, 1.165) is 11.1 Å². The van der Waals surface area contributed by atoms with Gasteiger partial charge in [0.05, 0.1) is 25.4 Å². The number of ether oxygens (including phenoxy) is 1. The van der Waals surface area contributed by atoms with Gasteiger partial charge in [0.25, 0.3) is 10.1 Å². The molecule has 144 valence electrons. The minimum absolute atomic E-state index is 0.0557. The lowest BCUT2D eigenvalue weighted by molar-refractivity contribution is -0.190. The van der Waals surface area contributed by atoms with Crippen molar-refractivity contribution < 1.29 is 22.2 Å². The summed E-state index contributed by atoms with van der Waals surface area (Å²) in [7, 11) is -3.67. The van der Waals surface area contributed by atoms with E-state index in [4.69, 9.17) is 13.8 Å². The molecule has 2 aliphatic heterocycles. The molecule has 2 heterocycles. The Morgan fingerprint density at radius 2 is 1.70 bits per heavy atom. The van der Waals surface area contributed by atoms with Crippen molar-refractivity contribution in [2.45, 2.75) is 43.6 Å². The molecular weight excluding hydrogens is 366 g/mol. The van der Waals surface area contributed by atoms with Crippen molar-refractivity contribution in [2.75, 3.05) is 6.61 Å². The van der Waals surface area contributed by atoms with Crippen molar-refractivity contribution in [1.29, 1.82) is 0 Å². The van der Waals surface area contributed by atoms with Gasteiger partial charge in [0, 0.05) is 6.54 Å². The molecule has 0 radical (unpaired) electrons. The van der Waals surface area contributed by atoms with Crippen molar-refractivity contribution >= 4 is 10.1 Å². The van der Waals surface area contributed by atoms with Gasteiger partial charge >= 0.3 is 0 Å². The highest BCUT2D eigenvalue weighted by molar-refractivity contribution is 7.87. The van der Waals surface area contributed by atoms with Crippen LogP contribution in [0.1, 0.15) is 18.1 Å². The summed E-state index contributed by atoms with van der Waals surface area (Å²) in [6.45, 7) is 2.86. The summed E-state index contributed by atoms with van der Waals surface area (Å²) in [6.07, 6.45) is -0.841. The van der Waals surface area contributed by atoms with E-state index in [1.54, 1.807) is 5.06 Å². The first-order chi connectivity index (χ1) is 13.0. The predicted octanol–water partition coefficient (Wildman–Crippen LogP) is 2.50. The van der Waals surface area contributed by atoms with Crippen LogP contribution < -0.4 is 0 Å². The molecule has 2 fully saturated rings. The van der Waals surface area contributed by atoms with Crippen molar-refractivity contribution in [1.82, 2.24) is 5.06 Å². The molecule has 2 aromatic carbocycles. The molecule has 2 aromatic rings. The zero-order valence-electron chi connectivity index (χ0n) is 15.1. The molecule has 0 spiro atoms. The number of benzene rings is 2. The minimum Gasteiger partial charge on any atom is -0.372 e. The van der Waals surface area contributed by atoms with Gasteiger partial charge in [-0.15, -0.1) is 0 Å². The van der Waals surface area contributed by atoms with Crippen LogP contribution in [0.3, 0.4) is 0 Å². The van der Waals surface area contributed by atoms with Gasteiger partial charge < -0.3 is 4.74 Å². The van der Waals surface area contributed by atoms with Crippen LogP contribution in [-0.4, -0.2) is 43.6 Å². The molecule has 4 atom stereocenters. The van der Waals surface area contributed by atoms with Gasteiger partial charge in [-0.1, -0.05) is 60.7 Å². The third-order valence-corrected chi connectivity index (χ3v) is 6.77. The molecule has 6 nitrogen and oxygen atoms in total. The molecule has 27 heavy (non-hydrogen) atoms. The van der Waals surface area contributed by atoms with E-state index in [0.29, 0.717) is 13.2 Å². The average Bonchev–Trinajstić information content (AvgIpc) is 3.18. The maximum absolute atomic E-state index is 12.4. The zero-order valence-corrected chi connectivity index (χ0v) is 15.9. The van der Waals surface area contributed by atoms with E-state index in [-0.39, 0.29) is 12.7 Å². The summed E-state index contributed by atoms with van der Waals surface area (Å²) in [5, 5.41) is 1.01. The number of nitrogens with zero attached hydrogens (tertiary/aromatic N) is 1. The first-order valence-electron chi connectivity index (χ1n) is 9.06. The third-order valence-electron chi connectivity index (χ3n) is 5.05. The lowest BCUT2D eigenvalue weighted by Gasteiger charge is -2.30. The largest absolute Gasteiger partial charge is 0.372 e. The number of hydroxylamine groups is 2. The van der Waals surface area contributed by atoms with Crippen LogP contribution in [0.4, 0.5) is 0 Å². The summed E-state index contributed by atoms with van der Waals surface area (Å²) in [6, 6.07) is 19.2. The highest BCUT2D eigenvalue weighted by Crippen LogP contribution is 2.37. The van der Waals surface area contributed by atoms with E-state index in [2.05, 4.69) is 0 Å². The summed E-state index contributed by atoms with van der Waals surface area (Å²) < 4.78 is 35.9. The van der Waals surface area contributed by atoms with Crippen LogP contribution in [0.15, 0.2) is 60.7 Å². The van der Waals surface area contributed by atoms with E-state index in [9.17, 15) is 8.42 Å². The number of rotatable bonds is 6. The first kappa shape index (κ1) is 18.6. The summed E-state index contributed by atoms with van der Waals surface area (Å²) in [4.78, 5) is 5.96. The summed E-state index contributed by atoms with van der Waals surface area (Å²) in [5.74, 6) is 0. The molecular formula is C20H23NO5S. The quantitative estimate of drug-likeness (QED) is 0.708. The molecule has 2 saturated heterocycles. The van der Waals surface area contributed by atoms with Crippen molar-refractivity contribution in [3.63, 3.8) is 0 Å². The topological polar surface area (TPSA) is 65.1 Å². The van der Waals surface area contributed by atoms with E-state index < -0.39 is 27.5 Å². The number of hydrogen-bond acceptors (Lipinski definition) is 6. The molecule has 2 aliphatic rings. The van der Waals surface area contributed by atoms with E-state index in [1.807, 2.05) is 67.6 Å². The van der Waals surface area contributed by atoms with Crippen LogP contribution in [0.2, 0.25) is 0 Å². The van der Waals surface area contributed by atoms with E-state index >= 15 is 0 Å². The number of hydrogen-bond donors (Lipinski definition) is 0. The van der Waals surface area contributed by atoms with Gasteiger partial charge in [-0.25, -0.2) is 0 Å². The van der Waals surface area contributed by atoms with Gasteiger partial charge in [-0.05, 0) is 18.1 Å². The van der Waals surface area contributed by atoms with Gasteiger partial charge in [0.2, 0.25) is 0 Å². The Bertz CT molecular complexity index is 858. The normalized spacial score (nSPS) is 28.1. The van der Waals surface area contributed by atoms with Crippen LogP contribution in [0, 0.1) is 0 Å². The lowest BCUT2D eigenvalue weighted by atomic mass is 10.0.